The van der Waals surface area contributed by atoms with Gasteiger partial charge in [-0.2, -0.15) is 0 Å². The first-order valence-electron chi connectivity index (χ1n) is 6.02. The van der Waals surface area contributed by atoms with Crippen LogP contribution < -0.4 is 0 Å². The first-order chi connectivity index (χ1) is 9.47. The Hall–Kier alpha value is -1.53. The molecule has 0 radical (unpaired) electrons. The van der Waals surface area contributed by atoms with Crippen molar-refractivity contribution < 1.29 is 4.39 Å². The second-order valence-corrected chi connectivity index (χ2v) is 5.88. The van der Waals surface area contributed by atoms with Crippen LogP contribution >= 0.6 is 28.1 Å². The van der Waals surface area contributed by atoms with Gasteiger partial charge in [0.15, 0.2) is 10.4 Å². The third kappa shape index (κ3) is 2.09. The molecule has 1 N–H and O–H groups in total. The van der Waals surface area contributed by atoms with Crippen LogP contribution in [0.5, 0.6) is 0 Å². The van der Waals surface area contributed by atoms with Crippen molar-refractivity contribution in [2.45, 2.75) is 13.8 Å². The number of H-pyrrole nitrogens is 1. The number of aromatic amines is 1. The SMILES string of the molecule is Cc1ccc2[nH]c(=S)n(-c3cc(Br)c(F)cc3C)c2n1. The minimum absolute atomic E-state index is 0.290. The van der Waals surface area contributed by atoms with Crippen molar-refractivity contribution in [3.63, 3.8) is 0 Å². The molecule has 0 saturated carbocycles. The number of hydrogen-bond acceptors (Lipinski definition) is 2. The second-order valence-electron chi connectivity index (χ2n) is 4.64. The normalized spacial score (nSPS) is 11.2. The van der Waals surface area contributed by atoms with Gasteiger partial charge in [0.1, 0.15) is 5.82 Å². The van der Waals surface area contributed by atoms with Crippen molar-refractivity contribution in [2.24, 2.45) is 0 Å². The summed E-state index contributed by atoms with van der Waals surface area (Å²) in [6.07, 6.45) is 0. The molecule has 6 heteroatoms. The van der Waals surface area contributed by atoms with E-state index >= 15 is 0 Å². The quantitative estimate of drug-likeness (QED) is 0.650. The Balaban J connectivity index is 2.40. The maximum absolute atomic E-state index is 13.6. The Bertz CT molecular complexity index is 882. The van der Waals surface area contributed by atoms with E-state index in [9.17, 15) is 4.39 Å². The maximum Gasteiger partial charge on any atom is 0.184 e. The number of fused-ring (bicyclic) bond motifs is 1. The van der Waals surface area contributed by atoms with E-state index in [-0.39, 0.29) is 5.82 Å². The highest BCUT2D eigenvalue weighted by Gasteiger charge is 2.12. The topological polar surface area (TPSA) is 33.6 Å². The van der Waals surface area contributed by atoms with Crippen LogP contribution in [-0.4, -0.2) is 14.5 Å². The molecule has 3 nitrogen and oxygen atoms in total. The van der Waals surface area contributed by atoms with E-state index in [1.165, 1.54) is 6.07 Å². The zero-order valence-electron chi connectivity index (χ0n) is 10.9. The highest BCUT2D eigenvalue weighted by Crippen LogP contribution is 2.26. The van der Waals surface area contributed by atoms with Gasteiger partial charge in [0.05, 0.1) is 15.7 Å². The van der Waals surface area contributed by atoms with Crippen molar-refractivity contribution >= 4 is 39.3 Å². The molecule has 0 aliphatic heterocycles. The van der Waals surface area contributed by atoms with E-state index in [4.69, 9.17) is 12.2 Å². The molecule has 0 bridgehead atoms. The molecule has 1 aromatic carbocycles. The fourth-order valence-electron chi connectivity index (χ4n) is 2.18. The van der Waals surface area contributed by atoms with Gasteiger partial charge in [-0.3, -0.25) is 4.57 Å². The van der Waals surface area contributed by atoms with Gasteiger partial charge in [-0.15, -0.1) is 0 Å². The number of aromatic nitrogens is 3. The van der Waals surface area contributed by atoms with Gasteiger partial charge in [0.25, 0.3) is 0 Å². The van der Waals surface area contributed by atoms with Gasteiger partial charge in [-0.05, 0) is 71.8 Å². The van der Waals surface area contributed by atoms with E-state index in [0.29, 0.717) is 9.24 Å². The summed E-state index contributed by atoms with van der Waals surface area (Å²) in [5.74, 6) is -0.290. The summed E-state index contributed by atoms with van der Waals surface area (Å²) in [5.41, 5.74) is 4.12. The van der Waals surface area contributed by atoms with Crippen LogP contribution in [0.4, 0.5) is 4.39 Å². The number of halogens is 2. The van der Waals surface area contributed by atoms with Crippen LogP contribution in [0.25, 0.3) is 16.9 Å². The van der Waals surface area contributed by atoms with E-state index in [1.807, 2.05) is 30.5 Å². The van der Waals surface area contributed by atoms with Gasteiger partial charge in [0, 0.05) is 5.69 Å². The van der Waals surface area contributed by atoms with Crippen molar-refractivity contribution in [2.75, 3.05) is 0 Å². The number of pyridine rings is 1. The first kappa shape index (κ1) is 13.5. The van der Waals surface area contributed by atoms with Crippen LogP contribution in [0.3, 0.4) is 0 Å². The average Bonchev–Trinajstić information content (AvgIpc) is 2.69. The summed E-state index contributed by atoms with van der Waals surface area (Å²) in [6, 6.07) is 7.07. The monoisotopic (exact) mass is 351 g/mol. The summed E-state index contributed by atoms with van der Waals surface area (Å²) in [4.78, 5) is 7.64. The highest BCUT2D eigenvalue weighted by molar-refractivity contribution is 9.10. The van der Waals surface area contributed by atoms with Gasteiger partial charge in [-0.1, -0.05) is 0 Å². The molecule has 0 aliphatic carbocycles. The summed E-state index contributed by atoms with van der Waals surface area (Å²) >= 11 is 8.59. The molecule has 2 heterocycles. The third-order valence-electron chi connectivity index (χ3n) is 3.15. The molecule has 20 heavy (non-hydrogen) atoms. The molecule has 0 atom stereocenters. The average molecular weight is 352 g/mol. The molecule has 0 amide bonds. The molecule has 102 valence electrons. The number of imidazole rings is 1. The smallest absolute Gasteiger partial charge is 0.184 e. The summed E-state index contributed by atoms with van der Waals surface area (Å²) in [7, 11) is 0. The molecule has 0 fully saturated rings. The molecule has 0 spiro atoms. The lowest BCUT2D eigenvalue weighted by Crippen LogP contribution is -2.00. The highest BCUT2D eigenvalue weighted by atomic mass is 79.9. The molecular weight excluding hydrogens is 341 g/mol. The first-order valence-corrected chi connectivity index (χ1v) is 7.22. The lowest BCUT2D eigenvalue weighted by molar-refractivity contribution is 0.619. The fourth-order valence-corrected chi connectivity index (χ4v) is 2.80. The largest absolute Gasteiger partial charge is 0.329 e. The Morgan fingerprint density at radius 1 is 1.30 bits per heavy atom. The van der Waals surface area contributed by atoms with Gasteiger partial charge >= 0.3 is 0 Å². The van der Waals surface area contributed by atoms with Gasteiger partial charge < -0.3 is 4.98 Å². The van der Waals surface area contributed by atoms with Crippen molar-refractivity contribution in [3.8, 4) is 5.69 Å². The molecule has 3 aromatic rings. The van der Waals surface area contributed by atoms with Crippen molar-refractivity contribution in [1.82, 2.24) is 14.5 Å². The van der Waals surface area contributed by atoms with Crippen LogP contribution in [0, 0.1) is 24.4 Å². The number of nitrogens with zero attached hydrogens (tertiary/aromatic N) is 2. The van der Waals surface area contributed by atoms with Gasteiger partial charge in [0.2, 0.25) is 0 Å². The summed E-state index contributed by atoms with van der Waals surface area (Å²) < 4.78 is 16.4. The fraction of sp³-hybridized carbons (Fsp3) is 0.143. The Morgan fingerprint density at radius 3 is 2.80 bits per heavy atom. The molecule has 0 unspecified atom stereocenters. The molecule has 2 aromatic heterocycles. The number of hydrogen-bond donors (Lipinski definition) is 1. The zero-order chi connectivity index (χ0) is 14.4. The standard InChI is InChI=1S/C14H11BrFN3S/c1-7-5-10(16)9(15)6-12(7)19-13-11(18-14(19)20)4-3-8(2)17-13/h3-6H,1-2H3,(H,18,20). The van der Waals surface area contributed by atoms with E-state index < -0.39 is 0 Å². The van der Waals surface area contributed by atoms with Crippen LogP contribution in [0.1, 0.15) is 11.3 Å². The molecule has 0 saturated heterocycles. The Kier molecular flexibility index (Phi) is 3.22. The lowest BCUT2D eigenvalue weighted by Gasteiger charge is -2.09. The summed E-state index contributed by atoms with van der Waals surface area (Å²) in [5, 5.41) is 0. The molecule has 0 aliphatic rings. The second kappa shape index (κ2) is 4.79. The summed E-state index contributed by atoms with van der Waals surface area (Å²) in [6.45, 7) is 3.77. The minimum atomic E-state index is -0.290. The zero-order valence-corrected chi connectivity index (χ0v) is 13.3. The third-order valence-corrected chi connectivity index (χ3v) is 4.04. The predicted octanol–water partition coefficient (Wildman–Crippen LogP) is 4.60. The molecule has 3 rings (SSSR count). The Morgan fingerprint density at radius 2 is 2.05 bits per heavy atom. The van der Waals surface area contributed by atoms with Gasteiger partial charge in [-0.25, -0.2) is 9.37 Å². The molecular formula is C14H11BrFN3S. The lowest BCUT2D eigenvalue weighted by atomic mass is 10.2. The van der Waals surface area contributed by atoms with Crippen molar-refractivity contribution in [1.29, 1.82) is 0 Å². The van der Waals surface area contributed by atoms with Crippen LogP contribution in [0.2, 0.25) is 0 Å². The number of nitrogens with one attached hydrogen (secondary N) is 1. The van der Waals surface area contributed by atoms with E-state index in [1.54, 1.807) is 6.07 Å². The van der Waals surface area contributed by atoms with E-state index in [2.05, 4.69) is 25.9 Å². The van der Waals surface area contributed by atoms with Crippen LogP contribution in [0.15, 0.2) is 28.7 Å². The van der Waals surface area contributed by atoms with Crippen LogP contribution in [-0.2, 0) is 0 Å². The van der Waals surface area contributed by atoms with Crippen molar-refractivity contribution in [3.05, 3.63) is 50.6 Å². The number of benzene rings is 1. The van der Waals surface area contributed by atoms with E-state index in [0.717, 1.165) is 28.1 Å². The number of aryl methyl sites for hydroxylation is 2. The maximum atomic E-state index is 13.6. The minimum Gasteiger partial charge on any atom is -0.329 e. The number of rotatable bonds is 1. The Labute approximate surface area is 128 Å². The predicted molar refractivity (Wildman–Crippen MR) is 83.4 cm³/mol.